The second-order valence-electron chi connectivity index (χ2n) is 5.53. The fourth-order valence-corrected chi connectivity index (χ4v) is 2.86. The molecule has 21 heavy (non-hydrogen) atoms. The first kappa shape index (κ1) is 15.8. The number of rotatable bonds is 4. The first-order valence-corrected chi connectivity index (χ1v) is 7.43. The van der Waals surface area contributed by atoms with Gasteiger partial charge in [0.2, 0.25) is 0 Å². The summed E-state index contributed by atoms with van der Waals surface area (Å²) in [6.07, 6.45) is 0.901. The van der Waals surface area contributed by atoms with Crippen molar-refractivity contribution in [1.82, 2.24) is 10.2 Å². The van der Waals surface area contributed by atoms with Gasteiger partial charge in [0.25, 0.3) is 5.91 Å². The van der Waals surface area contributed by atoms with Crippen LogP contribution in [0.1, 0.15) is 30.6 Å². The Morgan fingerprint density at radius 3 is 2.86 bits per heavy atom. The number of piperidine rings is 1. The molecule has 2 atom stereocenters. The molecule has 1 N–H and O–H groups in total. The monoisotopic (exact) mass is 294 g/mol. The molecule has 1 aliphatic rings. The van der Waals surface area contributed by atoms with Gasteiger partial charge in [-0.2, -0.15) is 0 Å². The highest BCUT2D eigenvalue weighted by molar-refractivity contribution is 5.94. The van der Waals surface area contributed by atoms with Crippen LogP contribution in [0.3, 0.4) is 0 Å². The molecule has 0 saturated carbocycles. The quantitative estimate of drug-likeness (QED) is 0.926. The van der Waals surface area contributed by atoms with Crippen molar-refractivity contribution >= 4 is 5.91 Å². The third-order valence-electron chi connectivity index (χ3n) is 4.07. The van der Waals surface area contributed by atoms with Gasteiger partial charge in [-0.1, -0.05) is 13.8 Å². The third kappa shape index (κ3) is 3.53. The molecule has 2 rings (SSSR count). The van der Waals surface area contributed by atoms with Gasteiger partial charge >= 0.3 is 0 Å². The molecule has 116 valence electrons. The van der Waals surface area contributed by atoms with E-state index in [-0.39, 0.29) is 11.5 Å². The van der Waals surface area contributed by atoms with Gasteiger partial charge in [0, 0.05) is 25.2 Å². The lowest BCUT2D eigenvalue weighted by Gasteiger charge is -2.37. The van der Waals surface area contributed by atoms with Crippen molar-refractivity contribution in [2.45, 2.75) is 26.3 Å². The van der Waals surface area contributed by atoms with Crippen molar-refractivity contribution in [2.24, 2.45) is 5.92 Å². The molecule has 4 nitrogen and oxygen atoms in total. The van der Waals surface area contributed by atoms with Crippen molar-refractivity contribution in [1.29, 1.82) is 0 Å². The number of nitrogens with zero attached hydrogens (tertiary/aromatic N) is 1. The Morgan fingerprint density at radius 2 is 2.29 bits per heavy atom. The highest BCUT2D eigenvalue weighted by Crippen LogP contribution is 2.22. The Balaban J connectivity index is 2.07. The Kier molecular flexibility index (Phi) is 5.17. The van der Waals surface area contributed by atoms with E-state index in [1.54, 1.807) is 11.0 Å². The first-order valence-electron chi connectivity index (χ1n) is 7.43. The van der Waals surface area contributed by atoms with Crippen LogP contribution in [0.4, 0.5) is 4.39 Å². The number of hydrogen-bond donors (Lipinski definition) is 1. The smallest absolute Gasteiger partial charge is 0.256 e. The standard InChI is InChI=1S/C16H23FN2O2/c1-4-18-15-7-8-19(10-11(15)2)16(20)13-6-5-12(21-3)9-14(13)17/h5-6,9,11,15,18H,4,7-8,10H2,1-3H3. The first-order chi connectivity index (χ1) is 10.1. The van der Waals surface area contributed by atoms with E-state index < -0.39 is 5.82 Å². The van der Waals surface area contributed by atoms with Gasteiger partial charge < -0.3 is 15.0 Å². The maximum atomic E-state index is 14.0. The summed E-state index contributed by atoms with van der Waals surface area (Å²) < 4.78 is 19.0. The van der Waals surface area contributed by atoms with E-state index in [4.69, 9.17) is 4.74 Å². The van der Waals surface area contributed by atoms with Gasteiger partial charge in [0.1, 0.15) is 11.6 Å². The number of ether oxygens (including phenoxy) is 1. The zero-order valence-corrected chi connectivity index (χ0v) is 12.9. The number of methoxy groups -OCH3 is 1. The van der Waals surface area contributed by atoms with Gasteiger partial charge in [-0.15, -0.1) is 0 Å². The van der Waals surface area contributed by atoms with Crippen LogP contribution in [0, 0.1) is 11.7 Å². The number of hydrogen-bond acceptors (Lipinski definition) is 3. The molecule has 0 spiro atoms. The Bertz CT molecular complexity index is 507. The molecule has 0 bridgehead atoms. The Labute approximate surface area is 125 Å². The van der Waals surface area contributed by atoms with Gasteiger partial charge in [-0.25, -0.2) is 4.39 Å². The second kappa shape index (κ2) is 6.89. The fourth-order valence-electron chi connectivity index (χ4n) is 2.86. The molecule has 0 radical (unpaired) electrons. The largest absolute Gasteiger partial charge is 0.497 e. The van der Waals surface area contributed by atoms with Crippen molar-refractivity contribution in [3.05, 3.63) is 29.6 Å². The van der Waals surface area contributed by atoms with E-state index in [1.165, 1.54) is 19.2 Å². The summed E-state index contributed by atoms with van der Waals surface area (Å²) in [5, 5.41) is 3.43. The van der Waals surface area contributed by atoms with Crippen molar-refractivity contribution in [2.75, 3.05) is 26.7 Å². The highest BCUT2D eigenvalue weighted by atomic mass is 19.1. The number of amides is 1. The van der Waals surface area contributed by atoms with Crippen LogP contribution < -0.4 is 10.1 Å². The minimum atomic E-state index is -0.527. The van der Waals surface area contributed by atoms with Gasteiger partial charge in [0.05, 0.1) is 12.7 Å². The number of likely N-dealkylation sites (tertiary alicyclic amines) is 1. The SMILES string of the molecule is CCNC1CCN(C(=O)c2ccc(OC)cc2F)CC1C. The molecule has 0 aliphatic carbocycles. The fraction of sp³-hybridized carbons (Fsp3) is 0.562. The summed E-state index contributed by atoms with van der Waals surface area (Å²) in [4.78, 5) is 14.2. The number of halogens is 1. The lowest BCUT2D eigenvalue weighted by molar-refractivity contribution is 0.0641. The molecule has 1 saturated heterocycles. The van der Waals surface area contributed by atoms with Crippen molar-refractivity contribution in [3.8, 4) is 5.75 Å². The summed E-state index contributed by atoms with van der Waals surface area (Å²) in [5.74, 6) is 0.0185. The molecule has 5 heteroatoms. The Hall–Kier alpha value is -1.62. The van der Waals surface area contributed by atoms with Gasteiger partial charge in [-0.3, -0.25) is 4.79 Å². The number of benzene rings is 1. The number of carbonyl (C=O) groups is 1. The molecule has 2 unspecified atom stereocenters. The summed E-state index contributed by atoms with van der Waals surface area (Å²) in [6.45, 7) is 6.44. The lowest BCUT2D eigenvalue weighted by atomic mass is 9.93. The minimum Gasteiger partial charge on any atom is -0.497 e. The van der Waals surface area contributed by atoms with Gasteiger partial charge in [0.15, 0.2) is 0 Å². The minimum absolute atomic E-state index is 0.116. The normalized spacial score (nSPS) is 22.2. The molecular formula is C16H23FN2O2. The molecule has 1 aromatic carbocycles. The van der Waals surface area contributed by atoms with Crippen molar-refractivity contribution < 1.29 is 13.9 Å². The average Bonchev–Trinajstić information content (AvgIpc) is 2.48. The summed E-state index contributed by atoms with van der Waals surface area (Å²) >= 11 is 0. The molecule has 0 aromatic heterocycles. The predicted octanol–water partition coefficient (Wildman–Crippen LogP) is 2.29. The van der Waals surface area contributed by atoms with E-state index in [2.05, 4.69) is 19.2 Å². The predicted molar refractivity (Wildman–Crippen MR) is 80.1 cm³/mol. The van der Waals surface area contributed by atoms with Crippen LogP contribution in [0.25, 0.3) is 0 Å². The molecule has 1 heterocycles. The van der Waals surface area contributed by atoms with E-state index in [0.29, 0.717) is 30.8 Å². The molecule has 1 amide bonds. The van der Waals surface area contributed by atoms with E-state index in [0.717, 1.165) is 13.0 Å². The topological polar surface area (TPSA) is 41.6 Å². The van der Waals surface area contributed by atoms with Crippen molar-refractivity contribution in [3.63, 3.8) is 0 Å². The second-order valence-corrected chi connectivity index (χ2v) is 5.53. The van der Waals surface area contributed by atoms with E-state index in [9.17, 15) is 9.18 Å². The zero-order chi connectivity index (χ0) is 15.4. The Morgan fingerprint density at radius 1 is 1.52 bits per heavy atom. The maximum absolute atomic E-state index is 14.0. The summed E-state index contributed by atoms with van der Waals surface area (Å²) in [7, 11) is 1.48. The van der Waals surface area contributed by atoms with Gasteiger partial charge in [-0.05, 0) is 31.0 Å². The average molecular weight is 294 g/mol. The van der Waals surface area contributed by atoms with Crippen LogP contribution in [0.15, 0.2) is 18.2 Å². The maximum Gasteiger partial charge on any atom is 0.256 e. The lowest BCUT2D eigenvalue weighted by Crippen LogP contribution is -2.50. The highest BCUT2D eigenvalue weighted by Gasteiger charge is 2.29. The third-order valence-corrected chi connectivity index (χ3v) is 4.07. The van der Waals surface area contributed by atoms with Crippen LogP contribution in [-0.4, -0.2) is 43.6 Å². The summed E-state index contributed by atoms with van der Waals surface area (Å²) in [5.41, 5.74) is 0.116. The summed E-state index contributed by atoms with van der Waals surface area (Å²) in [6, 6.07) is 4.80. The van der Waals surface area contributed by atoms with Crippen LogP contribution in [0.2, 0.25) is 0 Å². The number of nitrogens with one attached hydrogen (secondary N) is 1. The zero-order valence-electron chi connectivity index (χ0n) is 12.9. The molecular weight excluding hydrogens is 271 g/mol. The van der Waals surface area contributed by atoms with Crippen LogP contribution >= 0.6 is 0 Å². The molecule has 1 aliphatic heterocycles. The molecule has 1 fully saturated rings. The number of carbonyl (C=O) groups excluding carboxylic acids is 1. The molecule has 1 aromatic rings. The van der Waals surface area contributed by atoms with E-state index in [1.807, 2.05) is 0 Å². The van der Waals surface area contributed by atoms with Crippen LogP contribution in [-0.2, 0) is 0 Å². The van der Waals surface area contributed by atoms with Crippen LogP contribution in [0.5, 0.6) is 5.75 Å². The van der Waals surface area contributed by atoms with E-state index >= 15 is 0 Å².